The summed E-state index contributed by atoms with van der Waals surface area (Å²) < 4.78 is 0. The van der Waals surface area contributed by atoms with Crippen molar-refractivity contribution in [2.45, 2.75) is 19.9 Å². The topological polar surface area (TPSA) is 26.0 Å². The summed E-state index contributed by atoms with van der Waals surface area (Å²) in [6.07, 6.45) is 0. The third-order valence-electron chi connectivity index (χ3n) is 1.28. The van der Waals surface area contributed by atoms with Crippen LogP contribution in [-0.4, -0.2) is 6.04 Å². The van der Waals surface area contributed by atoms with Crippen LogP contribution in [0.25, 0.3) is 0 Å². The van der Waals surface area contributed by atoms with Crippen molar-refractivity contribution in [2.75, 3.05) is 0 Å². The highest BCUT2D eigenvalue weighted by atomic mass is 35.5. The van der Waals surface area contributed by atoms with Gasteiger partial charge in [0.15, 0.2) is 0 Å². The number of hydrogen-bond donors (Lipinski definition) is 1. The molecule has 2 aliphatic carbocycles. The Hall–Kier alpha value is -0.530. The quantitative estimate of drug-likeness (QED) is 0.644. The van der Waals surface area contributed by atoms with E-state index in [1.54, 1.807) is 0 Å². The molecule has 0 radical (unpaired) electrons. The molecule has 0 aromatic heterocycles. The van der Waals surface area contributed by atoms with Crippen LogP contribution in [0, 0.1) is 10.4 Å². The molecular weight excluding hydrogens is 158 g/mol. The van der Waals surface area contributed by atoms with Crippen LogP contribution < -0.4 is 5.73 Å². The Morgan fingerprint density at radius 1 is 1.36 bits per heavy atom. The van der Waals surface area contributed by atoms with Crippen LogP contribution in [0.15, 0.2) is 18.2 Å². The summed E-state index contributed by atoms with van der Waals surface area (Å²) in [7, 11) is 0. The van der Waals surface area contributed by atoms with E-state index in [0.29, 0.717) is 6.04 Å². The Kier molecular flexibility index (Phi) is 2.53. The second-order valence-corrected chi connectivity index (χ2v) is 3.35. The molecule has 0 unspecified atom stereocenters. The molecule has 0 aromatic carbocycles. The van der Waals surface area contributed by atoms with Crippen LogP contribution >= 0.6 is 11.6 Å². The molecule has 0 spiro atoms. The number of benzene rings is 1. The standard InChI is InChI=1S/C6H3Cl.C3H9N/c7-6-3-4-1-2-5(4)6;1-3(2)4/h1-3H;3H,4H2,1-2H3. The van der Waals surface area contributed by atoms with Gasteiger partial charge in [-0.1, -0.05) is 37.6 Å². The average Bonchev–Trinajstić information content (AvgIpc) is 1.81. The van der Waals surface area contributed by atoms with E-state index >= 15 is 0 Å². The molecule has 2 aliphatic rings. The molecule has 0 amide bonds. The first-order valence-electron chi connectivity index (χ1n) is 3.67. The summed E-state index contributed by atoms with van der Waals surface area (Å²) in [6, 6.07) is 6.38. The van der Waals surface area contributed by atoms with Crippen LogP contribution in [0.3, 0.4) is 0 Å². The maximum Gasteiger partial charge on any atom is 0.0490 e. The minimum atomic E-state index is 0.333. The summed E-state index contributed by atoms with van der Waals surface area (Å²) >= 11 is 5.60. The van der Waals surface area contributed by atoms with E-state index in [-0.39, 0.29) is 0 Å². The fourth-order valence-electron chi connectivity index (χ4n) is 0.743. The van der Waals surface area contributed by atoms with Gasteiger partial charge < -0.3 is 5.73 Å². The molecule has 0 fully saturated rings. The van der Waals surface area contributed by atoms with Crippen molar-refractivity contribution in [2.24, 2.45) is 5.73 Å². The van der Waals surface area contributed by atoms with Crippen LogP contribution in [0.1, 0.15) is 13.8 Å². The zero-order valence-electron chi connectivity index (χ0n) is 6.76. The van der Waals surface area contributed by atoms with Gasteiger partial charge in [-0.05, 0) is 17.3 Å². The van der Waals surface area contributed by atoms with Gasteiger partial charge >= 0.3 is 0 Å². The van der Waals surface area contributed by atoms with Crippen molar-refractivity contribution in [1.29, 1.82) is 0 Å². The Balaban J connectivity index is 0.000000134. The van der Waals surface area contributed by atoms with Crippen molar-refractivity contribution >= 4 is 11.6 Å². The monoisotopic (exact) mass is 169 g/mol. The van der Waals surface area contributed by atoms with Crippen molar-refractivity contribution in [3.8, 4) is 0 Å². The third kappa shape index (κ3) is 1.95. The van der Waals surface area contributed by atoms with Crippen LogP contribution in [-0.2, 0) is 0 Å². The van der Waals surface area contributed by atoms with E-state index in [9.17, 15) is 0 Å². The molecule has 60 valence electrons. The predicted molar refractivity (Wildman–Crippen MR) is 48.4 cm³/mol. The average molecular weight is 170 g/mol. The lowest BCUT2D eigenvalue weighted by molar-refractivity contribution is 0.834. The molecule has 0 saturated carbocycles. The van der Waals surface area contributed by atoms with Gasteiger partial charge in [0.2, 0.25) is 0 Å². The first kappa shape index (κ1) is 8.57. The Labute approximate surface area is 71.5 Å². The van der Waals surface area contributed by atoms with Gasteiger partial charge in [-0.3, -0.25) is 0 Å². The number of nitrogens with two attached hydrogens (primary N) is 1. The molecule has 0 aromatic rings. The number of rotatable bonds is 0. The summed E-state index contributed by atoms with van der Waals surface area (Å²) in [5.41, 5.74) is 5.11. The SMILES string of the molecule is CC(C)N.Clc1cc2ccc1=2. The van der Waals surface area contributed by atoms with Crippen LogP contribution in [0.5, 0.6) is 0 Å². The lowest BCUT2D eigenvalue weighted by atomic mass is 10.1. The second kappa shape index (κ2) is 3.24. The van der Waals surface area contributed by atoms with Gasteiger partial charge in [-0.25, -0.2) is 0 Å². The van der Waals surface area contributed by atoms with Crippen molar-refractivity contribution in [1.82, 2.24) is 0 Å². The Morgan fingerprint density at radius 3 is 1.91 bits per heavy atom. The molecule has 0 bridgehead atoms. The minimum absolute atomic E-state index is 0.333. The molecule has 2 N–H and O–H groups in total. The zero-order chi connectivity index (χ0) is 8.43. The summed E-state index contributed by atoms with van der Waals surface area (Å²) in [5.74, 6) is 0. The third-order valence-corrected chi connectivity index (χ3v) is 1.59. The molecular formula is C9H12ClN. The Bertz CT molecular complexity index is 327. The molecule has 0 saturated heterocycles. The molecule has 1 nitrogen and oxygen atoms in total. The molecule has 0 atom stereocenters. The smallest absolute Gasteiger partial charge is 0.0490 e. The van der Waals surface area contributed by atoms with Gasteiger partial charge in [-0.2, -0.15) is 0 Å². The van der Waals surface area contributed by atoms with E-state index in [2.05, 4.69) is 6.07 Å². The lowest BCUT2D eigenvalue weighted by Gasteiger charge is -2.01. The largest absolute Gasteiger partial charge is 0.328 e. The Morgan fingerprint density at radius 2 is 1.91 bits per heavy atom. The van der Waals surface area contributed by atoms with Crippen molar-refractivity contribution in [3.05, 3.63) is 33.7 Å². The van der Waals surface area contributed by atoms with E-state index < -0.39 is 0 Å². The van der Waals surface area contributed by atoms with Crippen molar-refractivity contribution < 1.29 is 0 Å². The number of halogens is 1. The lowest BCUT2D eigenvalue weighted by Crippen LogP contribution is -2.06. The fraction of sp³-hybridized carbons (Fsp3) is 0.333. The van der Waals surface area contributed by atoms with Crippen molar-refractivity contribution in [3.63, 3.8) is 0 Å². The first-order valence-corrected chi connectivity index (χ1v) is 4.04. The minimum Gasteiger partial charge on any atom is -0.328 e. The predicted octanol–water partition coefficient (Wildman–Crippen LogP) is 2.29. The molecule has 2 rings (SSSR count). The van der Waals surface area contributed by atoms with Gasteiger partial charge in [0.1, 0.15) is 0 Å². The van der Waals surface area contributed by atoms with Crippen LogP contribution in [0.4, 0.5) is 0 Å². The van der Waals surface area contributed by atoms with E-state index in [0.717, 1.165) is 5.02 Å². The van der Waals surface area contributed by atoms with Gasteiger partial charge in [0.25, 0.3) is 0 Å². The van der Waals surface area contributed by atoms with Gasteiger partial charge in [0.05, 0.1) is 0 Å². The highest BCUT2D eigenvalue weighted by Crippen LogP contribution is 2.20. The molecule has 0 heterocycles. The fourth-order valence-corrected chi connectivity index (χ4v) is 1.03. The normalized spacial score (nSPS) is 10.6. The van der Waals surface area contributed by atoms with Gasteiger partial charge in [-0.15, -0.1) is 0 Å². The highest BCUT2D eigenvalue weighted by Gasteiger charge is 1.99. The molecule has 2 heteroatoms. The second-order valence-electron chi connectivity index (χ2n) is 2.94. The zero-order valence-corrected chi connectivity index (χ0v) is 7.52. The molecule has 0 aliphatic heterocycles. The number of hydrogen-bond acceptors (Lipinski definition) is 1. The van der Waals surface area contributed by atoms with Gasteiger partial charge in [0, 0.05) is 10.2 Å². The van der Waals surface area contributed by atoms with E-state index in [1.807, 2.05) is 26.0 Å². The summed E-state index contributed by atoms with van der Waals surface area (Å²) in [5, 5.41) is 3.46. The first-order chi connectivity index (χ1) is 5.11. The van der Waals surface area contributed by atoms with E-state index in [1.165, 1.54) is 10.4 Å². The highest BCUT2D eigenvalue weighted by molar-refractivity contribution is 6.31. The maximum absolute atomic E-state index is 5.60. The summed E-state index contributed by atoms with van der Waals surface area (Å²) in [4.78, 5) is 0. The van der Waals surface area contributed by atoms with Crippen LogP contribution in [0.2, 0.25) is 5.02 Å². The van der Waals surface area contributed by atoms with E-state index in [4.69, 9.17) is 17.3 Å². The summed E-state index contributed by atoms with van der Waals surface area (Å²) in [6.45, 7) is 3.89. The maximum atomic E-state index is 5.60. The molecule has 11 heavy (non-hydrogen) atoms.